The van der Waals surface area contributed by atoms with Gasteiger partial charge in [0.25, 0.3) is 0 Å². The molecule has 4 aromatic rings. The predicted molar refractivity (Wildman–Crippen MR) is 241 cm³/mol. The van der Waals surface area contributed by atoms with E-state index in [4.69, 9.17) is 33.0 Å². The van der Waals surface area contributed by atoms with E-state index in [0.29, 0.717) is 18.0 Å². The Morgan fingerprint density at radius 1 is 0.724 bits per heavy atom. The predicted octanol–water partition coefficient (Wildman–Crippen LogP) is 9.97. The average molecular weight is 856 g/mol. The second kappa shape index (κ2) is 24.1. The van der Waals surface area contributed by atoms with E-state index in [1.165, 1.54) is 24.0 Å². The molecule has 318 valence electrons. The third-order valence-corrected chi connectivity index (χ3v) is 11.9. The van der Waals surface area contributed by atoms with Crippen molar-refractivity contribution in [1.82, 2.24) is 30.0 Å². The van der Waals surface area contributed by atoms with Crippen molar-refractivity contribution >= 4 is 41.7 Å². The van der Waals surface area contributed by atoms with Crippen LogP contribution in [0.1, 0.15) is 94.9 Å². The zero-order valence-electron chi connectivity index (χ0n) is 35.5. The fourth-order valence-corrected chi connectivity index (χ4v) is 8.20. The van der Waals surface area contributed by atoms with Crippen molar-refractivity contribution in [3.05, 3.63) is 130 Å². The van der Waals surface area contributed by atoms with Crippen molar-refractivity contribution in [3.63, 3.8) is 0 Å². The van der Waals surface area contributed by atoms with Gasteiger partial charge in [0.05, 0.1) is 23.5 Å². The molecule has 2 saturated heterocycles. The maximum atomic E-state index is 12.4. The summed E-state index contributed by atoms with van der Waals surface area (Å²) in [7, 11) is 5.39. The number of benzene rings is 2. The van der Waals surface area contributed by atoms with Crippen molar-refractivity contribution < 1.29 is 14.6 Å². The van der Waals surface area contributed by atoms with Gasteiger partial charge in [0.1, 0.15) is 5.60 Å². The van der Waals surface area contributed by atoms with Crippen LogP contribution in [-0.2, 0) is 4.74 Å². The lowest BCUT2D eigenvalue weighted by Crippen LogP contribution is -2.46. The summed E-state index contributed by atoms with van der Waals surface area (Å²) in [5, 5.41) is 12.0. The third kappa shape index (κ3) is 14.2. The van der Waals surface area contributed by atoms with Gasteiger partial charge in [-0.05, 0) is 159 Å². The number of carbonyl (C=O) groups is 1. The Balaban J connectivity index is 0.000000301. The number of likely N-dealkylation sites (tertiary alicyclic amines) is 1. The van der Waals surface area contributed by atoms with E-state index in [1.807, 2.05) is 80.5 Å². The highest BCUT2D eigenvalue weighted by Gasteiger charge is 2.34. The van der Waals surface area contributed by atoms with Crippen molar-refractivity contribution in [3.8, 4) is 0 Å². The summed E-state index contributed by atoms with van der Waals surface area (Å²) in [6.45, 7) is 14.0. The molecule has 0 saturated carbocycles. The minimum absolute atomic E-state index is 0. The highest BCUT2D eigenvalue weighted by atomic mass is 35.5. The minimum Gasteiger partial charge on any atom is -0.444 e. The normalized spacial score (nSPS) is 17.1. The molecule has 2 N–H and O–H groups in total. The molecule has 2 aliphatic rings. The van der Waals surface area contributed by atoms with Crippen molar-refractivity contribution in [2.75, 3.05) is 47.4 Å². The number of halogens is 3. The molecular weight excluding hydrogens is 791 g/mol. The SMILES string of the molecule is CC(C1CCN(C(=O)OC(C)(C)C)CC1)N(C)C(c1ccc(Cl)cc1)c1ccccn1.CC(C1CCNCC1)N(C)C(c1ccc(Cl)cc1)c1ccccn1.CO.Cl. The van der Waals surface area contributed by atoms with E-state index >= 15 is 0 Å². The van der Waals surface area contributed by atoms with Gasteiger partial charge in [-0.1, -0.05) is 59.6 Å². The van der Waals surface area contributed by atoms with Gasteiger partial charge in [-0.2, -0.15) is 0 Å². The van der Waals surface area contributed by atoms with Crippen molar-refractivity contribution in [2.24, 2.45) is 11.8 Å². The number of amides is 1. The van der Waals surface area contributed by atoms with Crippen LogP contribution in [0.25, 0.3) is 0 Å². The van der Waals surface area contributed by atoms with Crippen LogP contribution in [0.4, 0.5) is 4.79 Å². The average Bonchev–Trinajstić information content (AvgIpc) is 3.23. The highest BCUT2D eigenvalue weighted by molar-refractivity contribution is 6.30. The molecule has 2 fully saturated rings. The first kappa shape index (κ1) is 49.1. The lowest BCUT2D eigenvalue weighted by molar-refractivity contribution is 0.0134. The Hall–Kier alpha value is -3.28. The van der Waals surface area contributed by atoms with Crippen LogP contribution in [0.3, 0.4) is 0 Å². The quantitative estimate of drug-likeness (QED) is 0.163. The number of piperidine rings is 2. The molecule has 1 amide bonds. The summed E-state index contributed by atoms with van der Waals surface area (Å²) in [5.41, 5.74) is 4.05. The van der Waals surface area contributed by atoms with E-state index < -0.39 is 5.60 Å². The molecule has 58 heavy (non-hydrogen) atoms. The van der Waals surface area contributed by atoms with E-state index in [2.05, 4.69) is 95.5 Å². The second-order valence-electron chi connectivity index (χ2n) is 16.1. The van der Waals surface area contributed by atoms with Crippen molar-refractivity contribution in [1.29, 1.82) is 0 Å². The number of aliphatic hydroxyl groups excluding tert-OH is 1. The number of aromatic nitrogens is 2. The Bertz CT molecular complexity index is 1730. The Morgan fingerprint density at radius 3 is 1.48 bits per heavy atom. The lowest BCUT2D eigenvalue weighted by Gasteiger charge is -2.41. The third-order valence-electron chi connectivity index (χ3n) is 11.3. The number of hydrogen-bond donors (Lipinski definition) is 2. The largest absolute Gasteiger partial charge is 0.444 e. The Labute approximate surface area is 363 Å². The van der Waals surface area contributed by atoms with Gasteiger partial charge < -0.3 is 20.1 Å². The molecule has 9 nitrogen and oxygen atoms in total. The fraction of sp³-hybridized carbons (Fsp3) is 0.500. The molecule has 0 bridgehead atoms. The van der Waals surface area contributed by atoms with Gasteiger partial charge in [0.15, 0.2) is 0 Å². The standard InChI is InChI=1S/C25H34ClN3O2.C20H26ClN3.CH4O.ClH/c1-18(19-13-16-29(17-14-19)24(30)31-25(2,3)4)28(5)23(22-8-6-7-15-27-22)20-9-11-21(26)12-10-20;1-15(16-10-13-22-14-11-16)24(2)20(19-5-3-4-12-23-19)17-6-8-18(21)9-7-17;1-2;/h6-12,15,18-19,23H,13-14,16-17H2,1-5H3;3-9,12,15-16,20,22H,10-11,13-14H2,1-2H3;2H,1H3;1H. The molecule has 4 unspecified atom stereocenters. The van der Waals surface area contributed by atoms with Crippen molar-refractivity contribution in [2.45, 2.75) is 90.1 Å². The zero-order valence-corrected chi connectivity index (χ0v) is 37.9. The molecule has 2 aromatic carbocycles. The molecule has 4 atom stereocenters. The molecule has 0 radical (unpaired) electrons. The maximum absolute atomic E-state index is 12.4. The van der Waals surface area contributed by atoms with Crippen LogP contribution < -0.4 is 5.32 Å². The number of nitrogens with zero attached hydrogens (tertiary/aromatic N) is 5. The smallest absolute Gasteiger partial charge is 0.410 e. The summed E-state index contributed by atoms with van der Waals surface area (Å²) in [6, 6.07) is 29.4. The first-order chi connectivity index (χ1) is 27.3. The molecule has 6 rings (SSSR count). The first-order valence-corrected chi connectivity index (χ1v) is 21.0. The lowest BCUT2D eigenvalue weighted by atomic mass is 9.88. The van der Waals surface area contributed by atoms with Gasteiger partial charge in [0, 0.05) is 54.7 Å². The van der Waals surface area contributed by atoms with E-state index in [1.54, 1.807) is 0 Å². The molecule has 2 aromatic heterocycles. The zero-order chi connectivity index (χ0) is 41.5. The number of nitrogens with one attached hydrogen (secondary N) is 1. The Morgan fingerprint density at radius 2 is 1.12 bits per heavy atom. The van der Waals surface area contributed by atoms with Crippen LogP contribution in [0.5, 0.6) is 0 Å². The maximum Gasteiger partial charge on any atom is 0.410 e. The number of rotatable bonds is 10. The molecule has 0 aliphatic carbocycles. The van der Waals surface area contributed by atoms with E-state index in [9.17, 15) is 4.79 Å². The van der Waals surface area contributed by atoms with Crippen LogP contribution in [0, 0.1) is 11.8 Å². The Kier molecular flexibility index (Phi) is 20.4. The molecule has 2 aliphatic heterocycles. The molecule has 4 heterocycles. The van der Waals surface area contributed by atoms with Crippen LogP contribution >= 0.6 is 35.6 Å². The van der Waals surface area contributed by atoms with Crippen LogP contribution in [0.15, 0.2) is 97.3 Å². The fourth-order valence-electron chi connectivity index (χ4n) is 7.95. The highest BCUT2D eigenvalue weighted by Crippen LogP contribution is 2.34. The number of aliphatic hydroxyl groups is 1. The first-order valence-electron chi connectivity index (χ1n) is 20.2. The minimum atomic E-state index is -0.462. The van der Waals surface area contributed by atoms with Crippen LogP contribution in [0.2, 0.25) is 10.0 Å². The molecular formula is C46H65Cl3N6O3. The molecule has 0 spiro atoms. The van der Waals surface area contributed by atoms with E-state index in [-0.39, 0.29) is 30.6 Å². The summed E-state index contributed by atoms with van der Waals surface area (Å²) >= 11 is 12.2. The monoisotopic (exact) mass is 854 g/mol. The molecule has 12 heteroatoms. The van der Waals surface area contributed by atoms with Gasteiger partial charge in [-0.15, -0.1) is 12.4 Å². The van der Waals surface area contributed by atoms with Gasteiger partial charge in [0.2, 0.25) is 0 Å². The number of carbonyl (C=O) groups excluding carboxylic acids is 1. The summed E-state index contributed by atoms with van der Waals surface area (Å²) in [6.07, 6.45) is 7.90. The van der Waals surface area contributed by atoms with Crippen LogP contribution in [-0.4, -0.2) is 101 Å². The van der Waals surface area contributed by atoms with Gasteiger partial charge >= 0.3 is 6.09 Å². The van der Waals surface area contributed by atoms with Gasteiger partial charge in [-0.25, -0.2) is 4.79 Å². The topological polar surface area (TPSA) is 94.1 Å². The number of hydrogen-bond acceptors (Lipinski definition) is 8. The van der Waals surface area contributed by atoms with Gasteiger partial charge in [-0.3, -0.25) is 19.8 Å². The number of pyridine rings is 2. The number of ether oxygens (including phenoxy) is 1. The summed E-state index contributed by atoms with van der Waals surface area (Å²) in [4.78, 5) is 28.4. The summed E-state index contributed by atoms with van der Waals surface area (Å²) < 4.78 is 5.54. The second-order valence-corrected chi connectivity index (χ2v) is 17.0. The van der Waals surface area contributed by atoms with E-state index in [0.717, 1.165) is 73.5 Å². The summed E-state index contributed by atoms with van der Waals surface area (Å²) in [5.74, 6) is 1.21.